The minimum Gasteiger partial charge on any atom is -0.377 e. The fourth-order valence-corrected chi connectivity index (χ4v) is 2.57. The third-order valence-corrected chi connectivity index (χ3v) is 4.16. The van der Waals surface area contributed by atoms with Crippen LogP contribution in [0.3, 0.4) is 0 Å². The van der Waals surface area contributed by atoms with Gasteiger partial charge < -0.3 is 28.7 Å². The van der Waals surface area contributed by atoms with Crippen molar-refractivity contribution in [3.8, 4) is 0 Å². The van der Waals surface area contributed by atoms with Crippen LogP contribution in [0.4, 0.5) is 0 Å². The van der Waals surface area contributed by atoms with Gasteiger partial charge in [0.05, 0.1) is 52.9 Å². The van der Waals surface area contributed by atoms with Gasteiger partial charge in [0.2, 0.25) is 11.8 Å². The molecule has 1 saturated heterocycles. The standard InChI is InChI=1S/C16H28Cl2N2O6/c17-13-15(21)19-1-5-23-9-10-25-7-3-20(16(22)14-18)4-8-26-12-11-24-6-2-19/h1-14H2. The van der Waals surface area contributed by atoms with Gasteiger partial charge in [0, 0.05) is 26.2 Å². The molecular weight excluding hydrogens is 387 g/mol. The fraction of sp³-hybridized carbons (Fsp3) is 0.875. The average molecular weight is 415 g/mol. The summed E-state index contributed by atoms with van der Waals surface area (Å²) in [5, 5.41) is 0. The number of alkyl halides is 2. The van der Waals surface area contributed by atoms with Crippen LogP contribution in [-0.4, -0.2) is 112 Å². The van der Waals surface area contributed by atoms with E-state index in [1.807, 2.05) is 0 Å². The lowest BCUT2D eigenvalue weighted by Gasteiger charge is -2.23. The van der Waals surface area contributed by atoms with Crippen LogP contribution in [0.2, 0.25) is 0 Å². The van der Waals surface area contributed by atoms with Gasteiger partial charge in [-0.2, -0.15) is 0 Å². The molecule has 0 aromatic heterocycles. The van der Waals surface area contributed by atoms with E-state index < -0.39 is 0 Å². The van der Waals surface area contributed by atoms with Crippen LogP contribution in [-0.2, 0) is 28.5 Å². The SMILES string of the molecule is O=C(CCl)N1CCOCCOCCN(C(=O)CCl)CCOCCOCC1. The van der Waals surface area contributed by atoms with Crippen LogP contribution < -0.4 is 0 Å². The Bertz CT molecular complexity index is 347. The molecule has 0 atom stereocenters. The minimum absolute atomic E-state index is 0.0657. The number of hydrogen-bond donors (Lipinski definition) is 0. The molecule has 152 valence electrons. The van der Waals surface area contributed by atoms with E-state index in [1.165, 1.54) is 0 Å². The van der Waals surface area contributed by atoms with E-state index in [1.54, 1.807) is 9.80 Å². The van der Waals surface area contributed by atoms with E-state index in [4.69, 9.17) is 42.1 Å². The topological polar surface area (TPSA) is 77.5 Å². The zero-order valence-corrected chi connectivity index (χ0v) is 16.5. The smallest absolute Gasteiger partial charge is 0.237 e. The Morgan fingerprint density at radius 3 is 1.08 bits per heavy atom. The summed E-state index contributed by atoms with van der Waals surface area (Å²) in [6.45, 7) is 5.01. The predicted octanol–water partition coefficient (Wildman–Crippen LogP) is 0.201. The predicted molar refractivity (Wildman–Crippen MR) is 97.9 cm³/mol. The van der Waals surface area contributed by atoms with Crippen LogP contribution in [0.5, 0.6) is 0 Å². The summed E-state index contributed by atoms with van der Waals surface area (Å²) in [4.78, 5) is 26.8. The van der Waals surface area contributed by atoms with Crippen LogP contribution >= 0.6 is 23.2 Å². The third kappa shape index (κ3) is 10.5. The molecule has 0 aliphatic carbocycles. The van der Waals surface area contributed by atoms with E-state index in [2.05, 4.69) is 0 Å². The second-order valence-electron chi connectivity index (χ2n) is 5.48. The lowest BCUT2D eigenvalue weighted by Crippen LogP contribution is -2.38. The lowest BCUT2D eigenvalue weighted by atomic mass is 10.4. The third-order valence-electron chi connectivity index (χ3n) is 3.70. The summed E-state index contributed by atoms with van der Waals surface area (Å²) in [7, 11) is 0. The second kappa shape index (κ2) is 15.4. The van der Waals surface area contributed by atoms with Crippen LogP contribution in [0.15, 0.2) is 0 Å². The van der Waals surface area contributed by atoms with E-state index in [0.29, 0.717) is 79.0 Å². The first kappa shape index (κ1) is 23.4. The van der Waals surface area contributed by atoms with Gasteiger partial charge in [-0.3, -0.25) is 9.59 Å². The van der Waals surface area contributed by atoms with Gasteiger partial charge in [0.1, 0.15) is 11.8 Å². The lowest BCUT2D eigenvalue weighted by molar-refractivity contribution is -0.131. The molecule has 0 radical (unpaired) electrons. The van der Waals surface area contributed by atoms with Crippen molar-refractivity contribution in [1.82, 2.24) is 9.80 Å². The van der Waals surface area contributed by atoms with E-state index in [-0.39, 0.29) is 23.6 Å². The Morgan fingerprint density at radius 2 is 0.846 bits per heavy atom. The Hall–Kier alpha value is -0.640. The Morgan fingerprint density at radius 1 is 0.577 bits per heavy atom. The Balaban J connectivity index is 2.43. The maximum absolute atomic E-state index is 11.8. The summed E-state index contributed by atoms with van der Waals surface area (Å²) in [6, 6.07) is 0. The van der Waals surface area contributed by atoms with Gasteiger partial charge >= 0.3 is 0 Å². The number of ether oxygens (including phenoxy) is 4. The van der Waals surface area contributed by atoms with Crippen molar-refractivity contribution in [2.75, 3.05) is 90.8 Å². The molecule has 10 heteroatoms. The second-order valence-corrected chi connectivity index (χ2v) is 6.01. The number of hydrogen-bond acceptors (Lipinski definition) is 6. The molecule has 1 fully saturated rings. The molecule has 0 spiro atoms. The summed E-state index contributed by atoms with van der Waals surface area (Å²) in [5.74, 6) is -0.428. The minimum atomic E-state index is -0.148. The van der Waals surface area contributed by atoms with Crippen LogP contribution in [0.1, 0.15) is 0 Å². The first-order valence-electron chi connectivity index (χ1n) is 8.67. The normalized spacial score (nSPS) is 20.2. The molecule has 1 heterocycles. The first-order chi connectivity index (χ1) is 12.7. The highest BCUT2D eigenvalue weighted by Gasteiger charge is 2.13. The van der Waals surface area contributed by atoms with Crippen LogP contribution in [0.25, 0.3) is 0 Å². The van der Waals surface area contributed by atoms with Crippen molar-refractivity contribution in [3.63, 3.8) is 0 Å². The van der Waals surface area contributed by atoms with E-state index in [9.17, 15) is 9.59 Å². The molecule has 0 aromatic rings. The fourth-order valence-electron chi connectivity index (χ4n) is 2.23. The van der Waals surface area contributed by atoms with Gasteiger partial charge in [-0.25, -0.2) is 0 Å². The van der Waals surface area contributed by atoms with Crippen molar-refractivity contribution < 1.29 is 28.5 Å². The van der Waals surface area contributed by atoms with Gasteiger partial charge in [-0.1, -0.05) is 0 Å². The maximum Gasteiger partial charge on any atom is 0.237 e. The average Bonchev–Trinajstić information content (AvgIpc) is 2.66. The van der Waals surface area contributed by atoms with Crippen molar-refractivity contribution in [1.29, 1.82) is 0 Å². The number of carbonyl (C=O) groups is 2. The zero-order chi connectivity index (χ0) is 19.0. The highest BCUT2D eigenvalue weighted by atomic mass is 35.5. The summed E-state index contributed by atoms with van der Waals surface area (Å²) in [6.07, 6.45) is 0. The van der Waals surface area contributed by atoms with Crippen molar-refractivity contribution in [2.45, 2.75) is 0 Å². The highest BCUT2D eigenvalue weighted by molar-refractivity contribution is 6.27. The number of amides is 2. The summed E-state index contributed by atoms with van der Waals surface area (Å²) in [5.41, 5.74) is 0. The molecule has 0 bridgehead atoms. The quantitative estimate of drug-likeness (QED) is 0.600. The van der Waals surface area contributed by atoms with Crippen molar-refractivity contribution >= 4 is 35.0 Å². The van der Waals surface area contributed by atoms with Gasteiger partial charge in [-0.05, 0) is 0 Å². The number of rotatable bonds is 2. The summed E-state index contributed by atoms with van der Waals surface area (Å²) >= 11 is 11.3. The van der Waals surface area contributed by atoms with Crippen molar-refractivity contribution in [2.24, 2.45) is 0 Å². The zero-order valence-electron chi connectivity index (χ0n) is 15.0. The molecule has 8 nitrogen and oxygen atoms in total. The van der Waals surface area contributed by atoms with Gasteiger partial charge in [-0.15, -0.1) is 23.2 Å². The molecular formula is C16H28Cl2N2O6. The van der Waals surface area contributed by atoms with Crippen molar-refractivity contribution in [3.05, 3.63) is 0 Å². The highest BCUT2D eigenvalue weighted by Crippen LogP contribution is 1.97. The van der Waals surface area contributed by atoms with Gasteiger partial charge in [0.15, 0.2) is 0 Å². The molecule has 0 unspecified atom stereocenters. The molecule has 1 aliphatic rings. The Kier molecular flexibility index (Phi) is 13.9. The van der Waals surface area contributed by atoms with E-state index >= 15 is 0 Å². The largest absolute Gasteiger partial charge is 0.377 e. The molecule has 1 rings (SSSR count). The maximum atomic E-state index is 11.8. The first-order valence-corrected chi connectivity index (χ1v) is 9.74. The summed E-state index contributed by atoms with van der Waals surface area (Å²) < 4.78 is 21.9. The number of halogens is 2. The molecule has 0 saturated carbocycles. The van der Waals surface area contributed by atoms with Gasteiger partial charge in [0.25, 0.3) is 0 Å². The number of nitrogens with zero attached hydrogens (tertiary/aromatic N) is 2. The monoisotopic (exact) mass is 414 g/mol. The van der Waals surface area contributed by atoms with Crippen LogP contribution in [0, 0.1) is 0 Å². The molecule has 0 aromatic carbocycles. The molecule has 1 aliphatic heterocycles. The molecule has 0 N–H and O–H groups in total. The van der Waals surface area contributed by atoms with E-state index in [0.717, 1.165) is 0 Å². The molecule has 2 amide bonds. The Labute approximate surface area is 164 Å². The number of carbonyl (C=O) groups excluding carboxylic acids is 2. The molecule has 26 heavy (non-hydrogen) atoms.